The van der Waals surface area contributed by atoms with Crippen molar-refractivity contribution in [2.75, 3.05) is 6.54 Å². The van der Waals surface area contributed by atoms with E-state index in [0.29, 0.717) is 23.7 Å². The van der Waals surface area contributed by atoms with Crippen LogP contribution in [0.1, 0.15) is 43.4 Å². The van der Waals surface area contributed by atoms with Gasteiger partial charge in [0.15, 0.2) is 0 Å². The monoisotopic (exact) mass is 378 g/mol. The van der Waals surface area contributed by atoms with Gasteiger partial charge in [0.1, 0.15) is 10.2 Å². The number of nitrogens with zero attached hydrogens (tertiary/aromatic N) is 1. The highest BCUT2D eigenvalue weighted by molar-refractivity contribution is 8.00. The number of thiazole rings is 1. The van der Waals surface area contributed by atoms with Crippen molar-refractivity contribution >= 4 is 29.0 Å². The predicted molar refractivity (Wildman–Crippen MR) is 101 cm³/mol. The lowest BCUT2D eigenvalue weighted by molar-refractivity contribution is -0.120. The van der Waals surface area contributed by atoms with Gasteiger partial charge < -0.3 is 5.32 Å². The molecule has 1 aliphatic carbocycles. The summed E-state index contributed by atoms with van der Waals surface area (Å²) in [6, 6.07) is 6.79. The molecule has 2 aromatic rings. The third kappa shape index (κ3) is 5.82. The smallest absolute Gasteiger partial charge is 0.226 e. The van der Waals surface area contributed by atoms with Crippen LogP contribution in [0.2, 0.25) is 0 Å². The van der Waals surface area contributed by atoms with E-state index in [1.54, 1.807) is 12.1 Å². The van der Waals surface area contributed by atoms with Gasteiger partial charge in [0.05, 0.1) is 12.1 Å². The number of carbonyl (C=O) groups excluding carboxylic acids is 1. The van der Waals surface area contributed by atoms with E-state index in [1.165, 1.54) is 61.3 Å². The van der Waals surface area contributed by atoms with Gasteiger partial charge in [-0.15, -0.1) is 11.3 Å². The maximum absolute atomic E-state index is 13.6. The first-order valence-corrected chi connectivity index (χ1v) is 10.6. The Morgan fingerprint density at radius 1 is 1.28 bits per heavy atom. The molecule has 25 heavy (non-hydrogen) atoms. The fourth-order valence-corrected chi connectivity index (χ4v) is 4.90. The summed E-state index contributed by atoms with van der Waals surface area (Å²) in [6.45, 7) is 0.790. The molecule has 1 fully saturated rings. The summed E-state index contributed by atoms with van der Waals surface area (Å²) in [6.07, 6.45) is 6.69. The maximum Gasteiger partial charge on any atom is 0.226 e. The number of hydrogen-bond donors (Lipinski definition) is 1. The molecular formula is C19H23FN2OS2. The van der Waals surface area contributed by atoms with Crippen LogP contribution in [0.4, 0.5) is 4.39 Å². The van der Waals surface area contributed by atoms with E-state index >= 15 is 0 Å². The summed E-state index contributed by atoms with van der Waals surface area (Å²) in [7, 11) is 0. The molecule has 0 spiro atoms. The van der Waals surface area contributed by atoms with E-state index in [2.05, 4.69) is 10.3 Å². The number of benzene rings is 1. The Labute approximate surface area is 156 Å². The number of thioether (sulfide) groups is 1. The van der Waals surface area contributed by atoms with Crippen LogP contribution in [0, 0.1) is 11.7 Å². The second kappa shape index (κ2) is 9.34. The predicted octanol–water partition coefficient (Wildman–Crippen LogP) is 4.81. The topological polar surface area (TPSA) is 42.0 Å². The van der Waals surface area contributed by atoms with Gasteiger partial charge in [0.25, 0.3) is 0 Å². The number of hydrogen-bond acceptors (Lipinski definition) is 4. The highest BCUT2D eigenvalue weighted by Crippen LogP contribution is 2.27. The molecule has 1 aromatic carbocycles. The fraction of sp³-hybridized carbons (Fsp3) is 0.474. The van der Waals surface area contributed by atoms with Crippen molar-refractivity contribution in [2.45, 2.75) is 48.6 Å². The maximum atomic E-state index is 13.6. The van der Waals surface area contributed by atoms with Gasteiger partial charge in [-0.1, -0.05) is 49.2 Å². The van der Waals surface area contributed by atoms with Gasteiger partial charge in [-0.2, -0.15) is 0 Å². The van der Waals surface area contributed by atoms with Gasteiger partial charge in [0, 0.05) is 17.7 Å². The first kappa shape index (κ1) is 18.4. The molecule has 134 valence electrons. The zero-order chi connectivity index (χ0) is 17.5. The molecule has 0 bridgehead atoms. The van der Waals surface area contributed by atoms with Crippen molar-refractivity contribution in [3.05, 3.63) is 46.7 Å². The van der Waals surface area contributed by atoms with Crippen LogP contribution in [0.3, 0.4) is 0 Å². The number of halogens is 1. The van der Waals surface area contributed by atoms with Crippen LogP contribution >= 0.6 is 23.1 Å². The van der Waals surface area contributed by atoms with E-state index in [-0.39, 0.29) is 11.7 Å². The molecule has 3 nitrogen and oxygen atoms in total. The van der Waals surface area contributed by atoms with E-state index in [4.69, 9.17) is 0 Å². The molecule has 1 N–H and O–H groups in total. The summed E-state index contributed by atoms with van der Waals surface area (Å²) in [5.41, 5.74) is 1.47. The summed E-state index contributed by atoms with van der Waals surface area (Å²) in [5.74, 6) is 1.04. The molecule has 1 aliphatic rings. The van der Waals surface area contributed by atoms with Crippen LogP contribution in [0.5, 0.6) is 0 Å². The second-order valence-corrected chi connectivity index (χ2v) is 8.55. The Kier molecular flexibility index (Phi) is 6.87. The Morgan fingerprint density at radius 3 is 2.88 bits per heavy atom. The van der Waals surface area contributed by atoms with Gasteiger partial charge in [0.2, 0.25) is 5.91 Å². The molecule has 3 rings (SSSR count). The Bertz CT molecular complexity index is 698. The third-order valence-corrected chi connectivity index (χ3v) is 6.61. The zero-order valence-electron chi connectivity index (χ0n) is 14.2. The second-order valence-electron chi connectivity index (χ2n) is 6.47. The van der Waals surface area contributed by atoms with Gasteiger partial charge >= 0.3 is 0 Å². The number of carbonyl (C=O) groups is 1. The standard InChI is InChI=1S/C19H23FN2OS2/c20-17-9-5-4-8-15(17)12-24-19-22-16(13-25-19)10-18(23)21-11-14-6-2-1-3-7-14/h4-5,8-9,13-14H,1-3,6-7,10-12H2,(H,21,23). The minimum absolute atomic E-state index is 0.0431. The van der Waals surface area contributed by atoms with E-state index in [9.17, 15) is 9.18 Å². The fourth-order valence-electron chi connectivity index (χ4n) is 3.07. The molecule has 1 saturated carbocycles. The lowest BCUT2D eigenvalue weighted by Gasteiger charge is -2.21. The molecule has 1 amide bonds. The Balaban J connectivity index is 1.43. The minimum atomic E-state index is -0.186. The van der Waals surface area contributed by atoms with E-state index in [0.717, 1.165) is 16.6 Å². The summed E-state index contributed by atoms with van der Waals surface area (Å²) in [5, 5.41) is 4.97. The number of rotatable bonds is 7. The molecule has 1 heterocycles. The quantitative estimate of drug-likeness (QED) is 0.703. The number of aromatic nitrogens is 1. The van der Waals surface area contributed by atoms with Gasteiger partial charge in [-0.25, -0.2) is 9.37 Å². The molecule has 0 aliphatic heterocycles. The van der Waals surface area contributed by atoms with E-state index < -0.39 is 0 Å². The van der Waals surface area contributed by atoms with Crippen molar-refractivity contribution < 1.29 is 9.18 Å². The molecule has 0 saturated heterocycles. The highest BCUT2D eigenvalue weighted by Gasteiger charge is 2.15. The van der Waals surface area contributed by atoms with Crippen molar-refractivity contribution in [1.29, 1.82) is 0 Å². The Hall–Kier alpha value is -1.40. The molecule has 0 atom stereocenters. The van der Waals surface area contributed by atoms with Gasteiger partial charge in [-0.3, -0.25) is 4.79 Å². The van der Waals surface area contributed by atoms with Crippen molar-refractivity contribution in [3.8, 4) is 0 Å². The first-order chi connectivity index (χ1) is 12.2. The minimum Gasteiger partial charge on any atom is -0.355 e. The summed E-state index contributed by atoms with van der Waals surface area (Å²) < 4.78 is 14.5. The molecule has 6 heteroatoms. The van der Waals surface area contributed by atoms with Crippen molar-refractivity contribution in [1.82, 2.24) is 10.3 Å². The zero-order valence-corrected chi connectivity index (χ0v) is 15.8. The Morgan fingerprint density at radius 2 is 2.08 bits per heavy atom. The van der Waals surface area contributed by atoms with Crippen LogP contribution in [-0.2, 0) is 17.0 Å². The van der Waals surface area contributed by atoms with Crippen LogP contribution < -0.4 is 5.32 Å². The SMILES string of the molecule is O=C(Cc1csc(SCc2ccccc2F)n1)NCC1CCCCC1. The normalized spacial score (nSPS) is 15.2. The van der Waals surface area contributed by atoms with Crippen molar-refractivity contribution in [3.63, 3.8) is 0 Å². The van der Waals surface area contributed by atoms with Crippen LogP contribution in [0.15, 0.2) is 34.0 Å². The molecule has 0 unspecified atom stereocenters. The summed E-state index contributed by atoms with van der Waals surface area (Å²) >= 11 is 3.02. The lowest BCUT2D eigenvalue weighted by Crippen LogP contribution is -2.31. The number of nitrogens with one attached hydrogen (secondary N) is 1. The largest absolute Gasteiger partial charge is 0.355 e. The highest BCUT2D eigenvalue weighted by atomic mass is 32.2. The molecule has 1 aromatic heterocycles. The summed E-state index contributed by atoms with van der Waals surface area (Å²) in [4.78, 5) is 16.6. The third-order valence-electron chi connectivity index (χ3n) is 4.49. The average Bonchev–Trinajstić information content (AvgIpc) is 3.07. The van der Waals surface area contributed by atoms with Crippen LogP contribution in [-0.4, -0.2) is 17.4 Å². The van der Waals surface area contributed by atoms with E-state index in [1.807, 2.05) is 11.4 Å². The number of amides is 1. The van der Waals surface area contributed by atoms with Crippen LogP contribution in [0.25, 0.3) is 0 Å². The average molecular weight is 379 g/mol. The molecule has 0 radical (unpaired) electrons. The van der Waals surface area contributed by atoms with Crippen molar-refractivity contribution in [2.24, 2.45) is 5.92 Å². The van der Waals surface area contributed by atoms with Gasteiger partial charge in [-0.05, 0) is 30.4 Å². The lowest BCUT2D eigenvalue weighted by atomic mass is 9.89. The molecular weight excluding hydrogens is 355 g/mol. The first-order valence-electron chi connectivity index (χ1n) is 8.78.